The van der Waals surface area contributed by atoms with E-state index in [0.717, 1.165) is 11.4 Å². The molecule has 2 aliphatic rings. The Morgan fingerprint density at radius 2 is 1.02 bits per heavy atom. The van der Waals surface area contributed by atoms with E-state index in [1.165, 1.54) is 82.5 Å². The van der Waals surface area contributed by atoms with Crippen LogP contribution in [0.2, 0.25) is 0 Å². The van der Waals surface area contributed by atoms with Gasteiger partial charge < -0.3 is 4.90 Å². The van der Waals surface area contributed by atoms with Crippen LogP contribution in [0.5, 0.6) is 0 Å². The maximum absolute atomic E-state index is 2.50. The lowest BCUT2D eigenvalue weighted by molar-refractivity contribution is 0.645. The molecule has 0 aromatic heterocycles. The summed E-state index contributed by atoms with van der Waals surface area (Å²) >= 11 is 0. The summed E-state index contributed by atoms with van der Waals surface area (Å²) < 4.78 is 0. The summed E-state index contributed by atoms with van der Waals surface area (Å²) in [4.78, 5) is 2.38. The number of rotatable bonds is 3. The zero-order chi connectivity index (χ0) is 31.7. The number of nitrogens with zero attached hydrogens (tertiary/aromatic N) is 1. The highest BCUT2D eigenvalue weighted by Crippen LogP contribution is 2.57. The fourth-order valence-corrected chi connectivity index (χ4v) is 9.18. The quantitative estimate of drug-likeness (QED) is 0.182. The number of hydrogen-bond acceptors (Lipinski definition) is 1. The second kappa shape index (κ2) is 9.11. The monoisotopic (exact) mass is 601 g/mol. The van der Waals surface area contributed by atoms with Crippen LogP contribution in [0.25, 0.3) is 54.6 Å². The van der Waals surface area contributed by atoms with E-state index in [0.29, 0.717) is 0 Å². The highest BCUT2D eigenvalue weighted by Gasteiger charge is 2.40. The van der Waals surface area contributed by atoms with Gasteiger partial charge in [-0.1, -0.05) is 119 Å². The van der Waals surface area contributed by atoms with Crippen LogP contribution in [-0.2, 0) is 10.8 Å². The molecule has 8 aromatic carbocycles. The molecule has 224 valence electrons. The predicted molar refractivity (Wildman–Crippen MR) is 200 cm³/mol. The lowest BCUT2D eigenvalue weighted by atomic mass is 9.67. The minimum Gasteiger partial charge on any atom is -0.310 e. The van der Waals surface area contributed by atoms with Crippen LogP contribution in [0.1, 0.15) is 49.9 Å². The summed E-state index contributed by atoms with van der Waals surface area (Å²) in [6.45, 7) is 9.63. The molecular formula is C46H35N. The average Bonchev–Trinajstić information content (AvgIpc) is 3.32. The van der Waals surface area contributed by atoms with Gasteiger partial charge in [0.05, 0.1) is 0 Å². The molecule has 0 heterocycles. The van der Waals surface area contributed by atoms with Crippen LogP contribution < -0.4 is 4.90 Å². The van der Waals surface area contributed by atoms with E-state index in [2.05, 4.69) is 172 Å². The molecular weight excluding hydrogens is 567 g/mol. The van der Waals surface area contributed by atoms with Gasteiger partial charge in [0.2, 0.25) is 0 Å². The van der Waals surface area contributed by atoms with E-state index in [-0.39, 0.29) is 10.8 Å². The first kappa shape index (κ1) is 26.8. The van der Waals surface area contributed by atoms with E-state index < -0.39 is 0 Å². The lowest BCUT2D eigenvalue weighted by Crippen LogP contribution is -2.23. The number of hydrogen-bond donors (Lipinski definition) is 0. The zero-order valence-corrected chi connectivity index (χ0v) is 27.2. The molecule has 0 aliphatic heterocycles. The lowest BCUT2D eigenvalue weighted by Gasteiger charge is -2.36. The van der Waals surface area contributed by atoms with Gasteiger partial charge in [0, 0.05) is 27.9 Å². The van der Waals surface area contributed by atoms with E-state index >= 15 is 0 Å². The minimum atomic E-state index is -0.170. The molecule has 1 heteroatoms. The molecule has 10 rings (SSSR count). The van der Waals surface area contributed by atoms with Gasteiger partial charge in [0.1, 0.15) is 0 Å². The first-order chi connectivity index (χ1) is 22.8. The third-order valence-corrected chi connectivity index (χ3v) is 11.3. The third-order valence-electron chi connectivity index (χ3n) is 11.3. The van der Waals surface area contributed by atoms with E-state index in [1.54, 1.807) is 0 Å². The van der Waals surface area contributed by atoms with Gasteiger partial charge in [-0.05, 0) is 125 Å². The van der Waals surface area contributed by atoms with Gasteiger partial charge in [-0.3, -0.25) is 0 Å². The summed E-state index contributed by atoms with van der Waals surface area (Å²) in [5.74, 6) is 0. The second-order valence-corrected chi connectivity index (χ2v) is 14.6. The molecule has 2 aliphatic carbocycles. The molecule has 47 heavy (non-hydrogen) atoms. The molecule has 0 atom stereocenters. The summed E-state index contributed by atoms with van der Waals surface area (Å²) in [6, 6.07) is 52.1. The Hall–Kier alpha value is -5.40. The Kier molecular flexibility index (Phi) is 5.19. The van der Waals surface area contributed by atoms with Crippen molar-refractivity contribution in [1.82, 2.24) is 0 Å². The fourth-order valence-electron chi connectivity index (χ4n) is 9.18. The number of anilines is 3. The van der Waals surface area contributed by atoms with Crippen LogP contribution in [-0.4, -0.2) is 0 Å². The van der Waals surface area contributed by atoms with Crippen molar-refractivity contribution in [2.24, 2.45) is 0 Å². The van der Waals surface area contributed by atoms with E-state index in [1.807, 2.05) is 0 Å². The normalized spacial score (nSPS) is 15.1. The minimum absolute atomic E-state index is 0.0663. The molecule has 0 amide bonds. The van der Waals surface area contributed by atoms with E-state index in [4.69, 9.17) is 0 Å². The molecule has 8 aromatic rings. The SMILES string of the molecule is CC1(C)c2cc(N(c3ccccc3)c3ccccc3)ccc2-c2cc3cc4c5c(ccc6ccc(c21)c3c65)C(C)(C)c1ccccc1-4. The molecule has 0 saturated carbocycles. The standard InChI is InChI=1S/C46H35N/c1-45(2)38-18-12-11-17-33(38)36-25-29-26-37-34-23-21-32(47(30-13-7-5-8-14-30)31-15-9-6-10-16-31)27-40(34)46(3,4)44(37)35-22-19-28-20-24-39(45)43(36)42(28)41(29)35/h5-27H,1-4H3. The van der Waals surface area contributed by atoms with Crippen molar-refractivity contribution < 1.29 is 0 Å². The van der Waals surface area contributed by atoms with Gasteiger partial charge in [-0.2, -0.15) is 0 Å². The maximum Gasteiger partial charge on any atom is 0.0465 e. The van der Waals surface area contributed by atoms with Crippen molar-refractivity contribution in [2.75, 3.05) is 4.90 Å². The largest absolute Gasteiger partial charge is 0.310 e. The molecule has 0 N–H and O–H groups in total. The molecule has 1 nitrogen and oxygen atoms in total. The van der Waals surface area contributed by atoms with Gasteiger partial charge in [0.25, 0.3) is 0 Å². The Morgan fingerprint density at radius 3 is 1.77 bits per heavy atom. The van der Waals surface area contributed by atoms with Crippen molar-refractivity contribution in [3.63, 3.8) is 0 Å². The molecule has 0 saturated heterocycles. The topological polar surface area (TPSA) is 3.24 Å². The number of para-hydroxylation sites is 2. The Bertz CT molecular complexity index is 2510. The Balaban J connectivity index is 1.25. The predicted octanol–water partition coefficient (Wildman–Crippen LogP) is 12.7. The van der Waals surface area contributed by atoms with Gasteiger partial charge in [-0.15, -0.1) is 0 Å². The van der Waals surface area contributed by atoms with Crippen LogP contribution in [0, 0.1) is 0 Å². The summed E-state index contributed by atoms with van der Waals surface area (Å²) in [5, 5.41) is 8.31. The van der Waals surface area contributed by atoms with E-state index in [9.17, 15) is 0 Å². The molecule has 0 fully saturated rings. The highest BCUT2D eigenvalue weighted by atomic mass is 15.1. The fraction of sp³-hybridized carbons (Fsp3) is 0.130. The summed E-state index contributed by atoms with van der Waals surface area (Å²) in [6.07, 6.45) is 0. The van der Waals surface area contributed by atoms with Crippen molar-refractivity contribution in [3.05, 3.63) is 162 Å². The third kappa shape index (κ3) is 3.44. The summed E-state index contributed by atoms with van der Waals surface area (Å²) in [5.41, 5.74) is 14.4. The molecule has 0 radical (unpaired) electrons. The highest BCUT2D eigenvalue weighted by molar-refractivity contribution is 6.29. The van der Waals surface area contributed by atoms with Crippen LogP contribution in [0.4, 0.5) is 17.1 Å². The van der Waals surface area contributed by atoms with Crippen molar-refractivity contribution in [2.45, 2.75) is 38.5 Å². The second-order valence-electron chi connectivity index (χ2n) is 14.6. The zero-order valence-electron chi connectivity index (χ0n) is 27.2. The Morgan fingerprint density at radius 1 is 0.383 bits per heavy atom. The van der Waals surface area contributed by atoms with Crippen molar-refractivity contribution in [3.8, 4) is 22.3 Å². The van der Waals surface area contributed by atoms with Gasteiger partial charge >= 0.3 is 0 Å². The molecule has 0 bridgehead atoms. The van der Waals surface area contributed by atoms with Crippen molar-refractivity contribution in [1.29, 1.82) is 0 Å². The molecule has 0 spiro atoms. The van der Waals surface area contributed by atoms with Crippen molar-refractivity contribution >= 4 is 49.4 Å². The Labute approximate surface area is 276 Å². The summed E-state index contributed by atoms with van der Waals surface area (Å²) in [7, 11) is 0. The van der Waals surface area contributed by atoms with Gasteiger partial charge in [-0.25, -0.2) is 0 Å². The average molecular weight is 602 g/mol. The molecule has 0 unspecified atom stereocenters. The van der Waals surface area contributed by atoms with Crippen LogP contribution in [0.15, 0.2) is 140 Å². The van der Waals surface area contributed by atoms with Crippen LogP contribution >= 0.6 is 0 Å². The number of fused-ring (bicyclic) bond motifs is 6. The first-order valence-electron chi connectivity index (χ1n) is 16.8. The first-order valence-corrected chi connectivity index (χ1v) is 16.8. The van der Waals surface area contributed by atoms with Crippen LogP contribution in [0.3, 0.4) is 0 Å². The number of benzene rings is 8. The maximum atomic E-state index is 2.50. The van der Waals surface area contributed by atoms with Gasteiger partial charge in [0.15, 0.2) is 0 Å². The smallest absolute Gasteiger partial charge is 0.0465 e.